The van der Waals surface area contributed by atoms with Gasteiger partial charge < -0.3 is 19.9 Å². The van der Waals surface area contributed by atoms with E-state index in [0.717, 1.165) is 10.7 Å². The summed E-state index contributed by atoms with van der Waals surface area (Å²) in [5.41, 5.74) is 0.754. The summed E-state index contributed by atoms with van der Waals surface area (Å²) in [6.45, 7) is 6.60. The number of carbonyl (C=O) groups is 1. The summed E-state index contributed by atoms with van der Waals surface area (Å²) in [4.78, 5) is 17.5. The van der Waals surface area contributed by atoms with Crippen molar-refractivity contribution in [3.05, 3.63) is 15.6 Å². The van der Waals surface area contributed by atoms with Crippen LogP contribution in [0.1, 0.15) is 40.1 Å². The summed E-state index contributed by atoms with van der Waals surface area (Å²) in [7, 11) is 0. The molecule has 2 fully saturated rings. The van der Waals surface area contributed by atoms with Gasteiger partial charge in [0.2, 0.25) is 0 Å². The van der Waals surface area contributed by atoms with Gasteiger partial charge in [0, 0.05) is 5.92 Å². The lowest BCUT2D eigenvalue weighted by Gasteiger charge is -2.16. The van der Waals surface area contributed by atoms with Gasteiger partial charge in [-0.3, -0.25) is 4.79 Å². The Hall–Kier alpha value is -1.02. The van der Waals surface area contributed by atoms with Crippen molar-refractivity contribution in [3.63, 3.8) is 0 Å². The first-order valence-electron chi connectivity index (χ1n) is 7.17. The summed E-state index contributed by atoms with van der Waals surface area (Å²) in [5, 5.41) is 13.6. The number of amides is 1. The number of nitrogens with one attached hydrogen (secondary N) is 1. The summed E-state index contributed by atoms with van der Waals surface area (Å²) in [6, 6.07) is -0.219. The van der Waals surface area contributed by atoms with Crippen molar-refractivity contribution in [2.75, 3.05) is 13.2 Å². The van der Waals surface area contributed by atoms with E-state index in [1.54, 1.807) is 0 Å². The molecule has 2 aliphatic heterocycles. The molecule has 0 aliphatic carbocycles. The third kappa shape index (κ3) is 2.70. The van der Waals surface area contributed by atoms with Crippen molar-refractivity contribution in [3.8, 4) is 0 Å². The molecule has 2 aliphatic rings. The second kappa shape index (κ2) is 5.64. The van der Waals surface area contributed by atoms with Crippen LogP contribution in [0.3, 0.4) is 0 Å². The van der Waals surface area contributed by atoms with Gasteiger partial charge in [-0.05, 0) is 6.92 Å². The van der Waals surface area contributed by atoms with Gasteiger partial charge in [-0.1, -0.05) is 13.8 Å². The van der Waals surface area contributed by atoms with Crippen LogP contribution in [0, 0.1) is 6.92 Å². The lowest BCUT2D eigenvalue weighted by Crippen LogP contribution is -2.44. The zero-order chi connectivity index (χ0) is 15.1. The molecule has 1 aromatic rings. The molecule has 2 saturated heterocycles. The van der Waals surface area contributed by atoms with E-state index in [-0.39, 0.29) is 30.8 Å². The first-order chi connectivity index (χ1) is 9.97. The smallest absolute Gasteiger partial charge is 0.263 e. The van der Waals surface area contributed by atoms with Gasteiger partial charge in [0.25, 0.3) is 5.91 Å². The first-order valence-corrected chi connectivity index (χ1v) is 7.98. The van der Waals surface area contributed by atoms with Crippen molar-refractivity contribution in [2.24, 2.45) is 0 Å². The van der Waals surface area contributed by atoms with Crippen LogP contribution in [0.2, 0.25) is 0 Å². The summed E-state index contributed by atoms with van der Waals surface area (Å²) >= 11 is 1.43. The maximum atomic E-state index is 12.4. The lowest BCUT2D eigenvalue weighted by atomic mass is 10.1. The Kier molecular flexibility index (Phi) is 4.00. The van der Waals surface area contributed by atoms with E-state index in [0.29, 0.717) is 17.4 Å². The number of aliphatic hydroxyl groups is 1. The average Bonchev–Trinajstić information content (AvgIpc) is 3.08. The number of thiazole rings is 1. The minimum atomic E-state index is -0.602. The first kappa shape index (κ1) is 14.9. The molecule has 4 atom stereocenters. The van der Waals surface area contributed by atoms with Crippen molar-refractivity contribution in [2.45, 2.75) is 51.0 Å². The van der Waals surface area contributed by atoms with Crippen LogP contribution in [-0.4, -0.2) is 53.6 Å². The van der Waals surface area contributed by atoms with Crippen LogP contribution >= 0.6 is 11.3 Å². The lowest BCUT2D eigenvalue weighted by molar-refractivity contribution is 0.0178. The van der Waals surface area contributed by atoms with Gasteiger partial charge in [0.1, 0.15) is 23.2 Å². The van der Waals surface area contributed by atoms with Crippen molar-refractivity contribution < 1.29 is 19.4 Å². The van der Waals surface area contributed by atoms with Gasteiger partial charge in [-0.2, -0.15) is 0 Å². The number of hydrogen-bond donors (Lipinski definition) is 2. The number of aryl methyl sites for hydroxylation is 1. The largest absolute Gasteiger partial charge is 0.388 e. The Balaban J connectivity index is 1.70. The van der Waals surface area contributed by atoms with Gasteiger partial charge >= 0.3 is 0 Å². The molecule has 2 N–H and O–H groups in total. The highest BCUT2D eigenvalue weighted by Gasteiger charge is 2.47. The molecule has 0 radical (unpaired) electrons. The normalized spacial score (nSPS) is 31.7. The monoisotopic (exact) mass is 312 g/mol. The number of aliphatic hydroxyl groups excluding tert-OH is 1. The molecule has 0 aromatic carbocycles. The van der Waals surface area contributed by atoms with Crippen molar-refractivity contribution in [1.82, 2.24) is 10.3 Å². The summed E-state index contributed by atoms with van der Waals surface area (Å²) in [5.74, 6) is 0.166. The second-order valence-electron chi connectivity index (χ2n) is 5.86. The van der Waals surface area contributed by atoms with Gasteiger partial charge in [-0.15, -0.1) is 11.3 Å². The van der Waals surface area contributed by atoms with Crippen LogP contribution in [0.4, 0.5) is 0 Å². The molecular formula is C14H20N2O4S. The number of carbonyl (C=O) groups excluding carboxylic acids is 1. The van der Waals surface area contributed by atoms with E-state index in [1.807, 2.05) is 6.92 Å². The van der Waals surface area contributed by atoms with Crippen molar-refractivity contribution in [1.29, 1.82) is 0 Å². The van der Waals surface area contributed by atoms with Crippen LogP contribution in [0.5, 0.6) is 0 Å². The maximum Gasteiger partial charge on any atom is 0.263 e. The number of fused-ring (bicyclic) bond motifs is 1. The zero-order valence-corrected chi connectivity index (χ0v) is 13.1. The van der Waals surface area contributed by atoms with Gasteiger partial charge in [0.15, 0.2) is 0 Å². The maximum absolute atomic E-state index is 12.4. The number of rotatable bonds is 3. The molecule has 0 bridgehead atoms. The molecule has 1 amide bonds. The molecule has 116 valence electrons. The Morgan fingerprint density at radius 1 is 1.38 bits per heavy atom. The average molecular weight is 312 g/mol. The van der Waals surface area contributed by atoms with Gasteiger partial charge in [-0.25, -0.2) is 4.98 Å². The van der Waals surface area contributed by atoms with E-state index in [9.17, 15) is 9.90 Å². The zero-order valence-electron chi connectivity index (χ0n) is 12.3. The van der Waals surface area contributed by atoms with E-state index in [1.165, 1.54) is 11.3 Å². The number of nitrogens with zero attached hydrogens (tertiary/aromatic N) is 1. The van der Waals surface area contributed by atoms with E-state index < -0.39 is 6.10 Å². The molecule has 3 rings (SSSR count). The number of ether oxygens (including phenoxy) is 2. The molecule has 0 unspecified atom stereocenters. The number of aromatic nitrogens is 1. The quantitative estimate of drug-likeness (QED) is 0.864. The highest BCUT2D eigenvalue weighted by atomic mass is 32.1. The molecule has 3 heterocycles. The third-order valence-corrected chi connectivity index (χ3v) is 5.31. The Morgan fingerprint density at radius 3 is 2.76 bits per heavy atom. The van der Waals surface area contributed by atoms with Gasteiger partial charge in [0.05, 0.1) is 30.0 Å². The number of hydrogen-bond acceptors (Lipinski definition) is 6. The summed E-state index contributed by atoms with van der Waals surface area (Å²) < 4.78 is 11.0. The summed E-state index contributed by atoms with van der Waals surface area (Å²) in [6.07, 6.45) is -1.19. The minimum Gasteiger partial charge on any atom is -0.388 e. The topological polar surface area (TPSA) is 80.7 Å². The highest BCUT2D eigenvalue weighted by Crippen LogP contribution is 2.28. The Labute approximate surface area is 127 Å². The second-order valence-corrected chi connectivity index (χ2v) is 6.90. The van der Waals surface area contributed by atoms with E-state index in [4.69, 9.17) is 9.47 Å². The molecule has 7 heteroatoms. The molecule has 0 saturated carbocycles. The fraction of sp³-hybridized carbons (Fsp3) is 0.714. The predicted molar refractivity (Wildman–Crippen MR) is 77.7 cm³/mol. The molecule has 21 heavy (non-hydrogen) atoms. The molecule has 0 spiro atoms. The van der Waals surface area contributed by atoms with Crippen LogP contribution < -0.4 is 5.32 Å². The fourth-order valence-electron chi connectivity index (χ4n) is 2.71. The molecule has 1 aromatic heterocycles. The molecule has 6 nitrogen and oxygen atoms in total. The van der Waals surface area contributed by atoms with E-state index >= 15 is 0 Å². The highest BCUT2D eigenvalue weighted by molar-refractivity contribution is 7.13. The van der Waals surface area contributed by atoms with Crippen LogP contribution in [-0.2, 0) is 9.47 Å². The fourth-order valence-corrected chi connectivity index (χ4v) is 3.68. The Morgan fingerprint density at radius 2 is 2.10 bits per heavy atom. The minimum absolute atomic E-state index is 0.142. The SMILES string of the molecule is Cc1nc(C(C)C)sc1C(=O)N[C@H]1CO[C@H]2[C@@H]1OC[C@H]2O. The van der Waals surface area contributed by atoms with Crippen molar-refractivity contribution >= 4 is 17.2 Å². The Bertz CT molecular complexity index is 545. The molecular weight excluding hydrogens is 292 g/mol. The third-order valence-electron chi connectivity index (χ3n) is 3.86. The van der Waals surface area contributed by atoms with Crippen LogP contribution in [0.15, 0.2) is 0 Å². The van der Waals surface area contributed by atoms with E-state index in [2.05, 4.69) is 24.1 Å². The van der Waals surface area contributed by atoms with Crippen LogP contribution in [0.25, 0.3) is 0 Å². The standard InChI is InChI=1S/C14H20N2O4S/c1-6(2)14-15-7(3)12(21-14)13(18)16-8-4-19-11-9(17)5-20-10(8)11/h6,8-11,17H,4-5H2,1-3H3,(H,16,18)/t8-,9+,10+,11+/m0/s1. The predicted octanol–water partition coefficient (Wildman–Crippen LogP) is 0.832.